The number of alkyl halides is 3. The van der Waals surface area contributed by atoms with Crippen LogP contribution in [0.4, 0.5) is 13.2 Å². The van der Waals surface area contributed by atoms with Crippen molar-refractivity contribution in [2.75, 3.05) is 20.8 Å². The Morgan fingerprint density at radius 3 is 2.18 bits per heavy atom. The van der Waals surface area contributed by atoms with E-state index < -0.39 is 21.8 Å². The lowest BCUT2D eigenvalue weighted by Crippen LogP contribution is -2.46. The molecule has 0 aliphatic rings. The summed E-state index contributed by atoms with van der Waals surface area (Å²) in [6.07, 6.45) is -3.22. The highest BCUT2D eigenvalue weighted by molar-refractivity contribution is 7.89. The van der Waals surface area contributed by atoms with Crippen LogP contribution in [0, 0.1) is 0 Å². The lowest BCUT2D eigenvalue weighted by Gasteiger charge is -2.36. The summed E-state index contributed by atoms with van der Waals surface area (Å²) in [4.78, 5) is 0.105. The van der Waals surface area contributed by atoms with Gasteiger partial charge in [0.05, 0.1) is 17.2 Å². The molecule has 10 heteroatoms. The minimum Gasteiger partial charge on any atom is -0.383 e. The number of hydrogen-bond acceptors (Lipinski definition) is 4. The van der Waals surface area contributed by atoms with Crippen LogP contribution in [0.25, 0.3) is 0 Å². The summed E-state index contributed by atoms with van der Waals surface area (Å²) in [5.74, 6) is 0. The summed E-state index contributed by atoms with van der Waals surface area (Å²) >= 11 is 0. The number of halogens is 3. The maximum absolute atomic E-state index is 14.5. The molecule has 0 spiro atoms. The van der Waals surface area contributed by atoms with Gasteiger partial charge in [-0.15, -0.1) is 0 Å². The van der Waals surface area contributed by atoms with Crippen LogP contribution in [0.2, 0.25) is 0 Å². The Morgan fingerprint density at radius 1 is 0.939 bits per heavy atom. The first kappa shape index (κ1) is 25.0. The van der Waals surface area contributed by atoms with E-state index >= 15 is 0 Å². The molecule has 3 aromatic rings. The largest absolute Gasteiger partial charge is 0.427 e. The highest BCUT2D eigenvalue weighted by Crippen LogP contribution is 2.47. The molecule has 0 aliphatic heterocycles. The summed E-state index contributed by atoms with van der Waals surface area (Å²) in [5, 5.41) is 0. The van der Waals surface area contributed by atoms with Gasteiger partial charge in [-0.3, -0.25) is 0 Å². The van der Waals surface area contributed by atoms with Crippen molar-refractivity contribution in [3.05, 3.63) is 89.7 Å². The molecule has 3 rings (SSSR count). The Morgan fingerprint density at radius 2 is 1.61 bits per heavy atom. The lowest BCUT2D eigenvalue weighted by atomic mass is 9.88. The van der Waals surface area contributed by atoms with Gasteiger partial charge in [0.25, 0.3) is 0 Å². The van der Waals surface area contributed by atoms with Gasteiger partial charge in [-0.25, -0.2) is 13.1 Å². The number of sulfonamides is 1. The predicted molar refractivity (Wildman–Crippen MR) is 117 cm³/mol. The molecule has 0 fully saturated rings. The summed E-state index contributed by atoms with van der Waals surface area (Å²) in [5.41, 5.74) is -2.40. The van der Waals surface area contributed by atoms with E-state index in [-0.39, 0.29) is 35.8 Å². The van der Waals surface area contributed by atoms with Gasteiger partial charge in [-0.2, -0.15) is 13.2 Å². The molecule has 1 unspecified atom stereocenters. The van der Waals surface area contributed by atoms with Crippen molar-refractivity contribution in [3.8, 4) is 0 Å². The van der Waals surface area contributed by atoms with Crippen molar-refractivity contribution in [3.63, 3.8) is 0 Å². The fraction of sp³-hybridized carbons (Fsp3) is 0.304. The maximum Gasteiger partial charge on any atom is 0.427 e. The second-order valence-electron chi connectivity index (χ2n) is 7.30. The third kappa shape index (κ3) is 5.14. The van der Waals surface area contributed by atoms with Gasteiger partial charge >= 0.3 is 6.18 Å². The molecule has 1 atom stereocenters. The molecule has 1 N–H and O–H groups in total. The topological polar surface area (TPSA) is 69.6 Å². The monoisotopic (exact) mass is 482 g/mol. The molecule has 0 radical (unpaired) electrons. The molecular weight excluding hydrogens is 457 g/mol. The van der Waals surface area contributed by atoms with Crippen LogP contribution in [-0.2, 0) is 38.2 Å². The Balaban J connectivity index is 1.90. The predicted octanol–water partition coefficient (Wildman–Crippen LogP) is 4.07. The molecule has 6 nitrogen and oxygen atoms in total. The zero-order valence-electron chi connectivity index (χ0n) is 18.2. The number of nitrogens with one attached hydrogen (secondary N) is 1. The molecule has 0 aliphatic carbocycles. The molecule has 1 heterocycles. The van der Waals surface area contributed by atoms with Crippen molar-refractivity contribution < 1.29 is 31.1 Å². The van der Waals surface area contributed by atoms with E-state index in [2.05, 4.69) is 4.72 Å². The van der Waals surface area contributed by atoms with Crippen molar-refractivity contribution in [1.82, 2.24) is 9.29 Å². The Bertz CT molecular complexity index is 1150. The van der Waals surface area contributed by atoms with Crippen molar-refractivity contribution in [1.29, 1.82) is 0 Å². The summed E-state index contributed by atoms with van der Waals surface area (Å²) < 4.78 is 82.2. The van der Waals surface area contributed by atoms with Gasteiger partial charge in [-0.05, 0) is 35.4 Å². The normalized spacial score (nSPS) is 14.2. The standard InChI is InChI=1S/C23H25F3N2O4S/c1-31-16-15-28-14-6-9-21(28)22(32-2,23(24,25)26)19-12-10-18(11-13-19)17-27-33(29,30)20-7-4-3-5-8-20/h3-14,27H,15-17H2,1-2H3. The van der Waals surface area contributed by atoms with Gasteiger partial charge in [0, 0.05) is 33.5 Å². The first-order chi connectivity index (χ1) is 15.7. The van der Waals surface area contributed by atoms with Gasteiger partial charge < -0.3 is 14.0 Å². The Kier molecular flexibility index (Phi) is 7.63. The van der Waals surface area contributed by atoms with E-state index in [0.717, 1.165) is 7.11 Å². The number of benzene rings is 2. The Hall–Kier alpha value is -2.66. The fourth-order valence-corrected chi connectivity index (χ4v) is 4.67. The van der Waals surface area contributed by atoms with E-state index in [1.165, 1.54) is 60.2 Å². The molecule has 0 saturated heterocycles. The summed E-state index contributed by atoms with van der Waals surface area (Å²) in [7, 11) is -1.25. The number of ether oxygens (including phenoxy) is 2. The average Bonchev–Trinajstić information content (AvgIpc) is 3.26. The van der Waals surface area contributed by atoms with E-state index in [1.54, 1.807) is 24.4 Å². The van der Waals surface area contributed by atoms with Gasteiger partial charge in [0.1, 0.15) is 0 Å². The maximum atomic E-state index is 14.5. The van der Waals surface area contributed by atoms with Crippen LogP contribution in [-0.4, -0.2) is 40.0 Å². The van der Waals surface area contributed by atoms with Crippen molar-refractivity contribution in [2.24, 2.45) is 0 Å². The smallest absolute Gasteiger partial charge is 0.383 e. The number of aromatic nitrogens is 1. The fourth-order valence-electron chi connectivity index (χ4n) is 3.63. The minimum absolute atomic E-state index is 0.0757. The third-order valence-corrected chi connectivity index (χ3v) is 6.73. The zero-order chi connectivity index (χ0) is 24.1. The number of nitrogens with zero attached hydrogens (tertiary/aromatic N) is 1. The third-order valence-electron chi connectivity index (χ3n) is 5.31. The highest BCUT2D eigenvalue weighted by Gasteiger charge is 2.59. The molecule has 0 saturated carbocycles. The van der Waals surface area contributed by atoms with Crippen LogP contribution < -0.4 is 4.72 Å². The molecule has 0 bridgehead atoms. The molecule has 2 aromatic carbocycles. The number of methoxy groups -OCH3 is 2. The second-order valence-corrected chi connectivity index (χ2v) is 9.06. The van der Waals surface area contributed by atoms with Crippen LogP contribution in [0.1, 0.15) is 16.8 Å². The summed E-state index contributed by atoms with van der Waals surface area (Å²) in [6, 6.07) is 16.2. The van der Waals surface area contributed by atoms with Gasteiger partial charge in [0.2, 0.25) is 15.6 Å². The minimum atomic E-state index is -4.76. The van der Waals surface area contributed by atoms with E-state index in [0.29, 0.717) is 5.56 Å². The quantitative estimate of drug-likeness (QED) is 0.473. The second kappa shape index (κ2) is 10.1. The molecule has 33 heavy (non-hydrogen) atoms. The van der Waals surface area contributed by atoms with Crippen LogP contribution in [0.15, 0.2) is 77.8 Å². The first-order valence-corrected chi connectivity index (χ1v) is 11.5. The number of rotatable bonds is 10. The van der Waals surface area contributed by atoms with Crippen LogP contribution in [0.3, 0.4) is 0 Å². The SMILES string of the molecule is COCCn1cccc1C(OC)(c1ccc(CNS(=O)(=O)c2ccccc2)cc1)C(F)(F)F. The van der Waals surface area contributed by atoms with Crippen molar-refractivity contribution >= 4 is 10.0 Å². The van der Waals surface area contributed by atoms with Crippen LogP contribution >= 0.6 is 0 Å². The van der Waals surface area contributed by atoms with Gasteiger partial charge in [-0.1, -0.05) is 42.5 Å². The average molecular weight is 483 g/mol. The first-order valence-electron chi connectivity index (χ1n) is 10.1. The molecule has 1 aromatic heterocycles. The van der Waals surface area contributed by atoms with Crippen molar-refractivity contribution in [2.45, 2.75) is 29.8 Å². The molecule has 178 valence electrons. The lowest BCUT2D eigenvalue weighted by molar-refractivity contribution is -0.260. The number of hydrogen-bond donors (Lipinski definition) is 1. The Labute approximate surface area is 191 Å². The summed E-state index contributed by atoms with van der Waals surface area (Å²) in [6.45, 7) is 0.382. The van der Waals surface area contributed by atoms with Crippen LogP contribution in [0.5, 0.6) is 0 Å². The van der Waals surface area contributed by atoms with E-state index in [4.69, 9.17) is 9.47 Å². The van der Waals surface area contributed by atoms with E-state index in [9.17, 15) is 21.6 Å². The zero-order valence-corrected chi connectivity index (χ0v) is 19.0. The molecular formula is C23H25F3N2O4S. The molecule has 0 amide bonds. The van der Waals surface area contributed by atoms with E-state index in [1.807, 2.05) is 0 Å². The van der Waals surface area contributed by atoms with Gasteiger partial charge in [0.15, 0.2) is 0 Å². The highest BCUT2D eigenvalue weighted by atomic mass is 32.2.